The van der Waals surface area contributed by atoms with Crippen LogP contribution in [-0.4, -0.2) is 70.4 Å². The van der Waals surface area contributed by atoms with E-state index in [0.717, 1.165) is 50.4 Å². The number of carbonyl (C=O) groups excluding carboxylic acids is 2. The molecule has 0 aliphatic heterocycles. The average molecular weight is 601 g/mol. The largest absolute Gasteiger partial charge is 0.496 e. The van der Waals surface area contributed by atoms with Gasteiger partial charge in [0.15, 0.2) is 0 Å². The highest BCUT2D eigenvalue weighted by Crippen LogP contribution is 2.32. The number of nitrogens with one attached hydrogen (secondary N) is 1. The first-order valence-electron chi connectivity index (χ1n) is 14.8. The molecule has 1 N–H and O–H groups in total. The van der Waals surface area contributed by atoms with Gasteiger partial charge in [0.1, 0.15) is 22.8 Å². The Hall–Kier alpha value is -4.53. The number of H-pyrrole nitrogens is 1. The van der Waals surface area contributed by atoms with Gasteiger partial charge in [0.25, 0.3) is 0 Å². The van der Waals surface area contributed by atoms with Crippen molar-refractivity contribution in [2.24, 2.45) is 0 Å². The molecule has 0 spiro atoms. The number of methoxy groups -OCH3 is 1. The molecule has 0 saturated heterocycles. The quantitative estimate of drug-likeness (QED) is 0.222. The molecule has 44 heavy (non-hydrogen) atoms. The third-order valence-corrected chi connectivity index (χ3v) is 6.84. The van der Waals surface area contributed by atoms with Crippen molar-refractivity contribution in [1.82, 2.24) is 19.8 Å². The summed E-state index contributed by atoms with van der Waals surface area (Å²) in [4.78, 5) is 37.2. The number of likely N-dealkylation sites (N-methyl/N-ethyl adjacent to an activating group) is 1. The Morgan fingerprint density at radius 1 is 0.841 bits per heavy atom. The van der Waals surface area contributed by atoms with E-state index in [1.807, 2.05) is 84.9 Å². The summed E-state index contributed by atoms with van der Waals surface area (Å²) in [5.41, 5.74) is 5.47. The number of hydrogen-bond acceptors (Lipinski definition) is 6. The number of amides is 2. The van der Waals surface area contributed by atoms with E-state index in [2.05, 4.69) is 29.2 Å². The van der Waals surface area contributed by atoms with Crippen LogP contribution in [0.2, 0.25) is 0 Å². The number of imidazole rings is 1. The van der Waals surface area contributed by atoms with E-state index in [1.165, 1.54) is 4.90 Å². The van der Waals surface area contributed by atoms with Gasteiger partial charge in [-0.25, -0.2) is 14.6 Å². The molecule has 2 amide bonds. The minimum Gasteiger partial charge on any atom is -0.496 e. The second-order valence-electron chi connectivity index (χ2n) is 13.0. The molecule has 0 atom stereocenters. The highest BCUT2D eigenvalue weighted by Gasteiger charge is 2.25. The predicted molar refractivity (Wildman–Crippen MR) is 174 cm³/mol. The van der Waals surface area contributed by atoms with Gasteiger partial charge in [-0.15, -0.1) is 0 Å². The normalized spacial score (nSPS) is 11.8. The number of aromatic amines is 1. The molecule has 0 aliphatic carbocycles. The van der Waals surface area contributed by atoms with Crippen LogP contribution in [0.25, 0.3) is 33.5 Å². The lowest BCUT2D eigenvalue weighted by Crippen LogP contribution is -2.42. The average Bonchev–Trinajstić information content (AvgIpc) is 3.38. The molecule has 0 aliphatic rings. The molecule has 0 saturated carbocycles. The van der Waals surface area contributed by atoms with Gasteiger partial charge in [0, 0.05) is 26.7 Å². The monoisotopic (exact) mass is 600 g/mol. The van der Waals surface area contributed by atoms with Crippen LogP contribution in [-0.2, 0) is 16.0 Å². The Morgan fingerprint density at radius 3 is 2.20 bits per heavy atom. The van der Waals surface area contributed by atoms with Gasteiger partial charge in [0.05, 0.1) is 23.7 Å². The zero-order chi connectivity index (χ0) is 32.2. The van der Waals surface area contributed by atoms with Crippen LogP contribution < -0.4 is 4.74 Å². The van der Waals surface area contributed by atoms with Crippen LogP contribution >= 0.6 is 0 Å². The van der Waals surface area contributed by atoms with E-state index in [0.29, 0.717) is 6.54 Å². The Bertz CT molecular complexity index is 1630. The van der Waals surface area contributed by atoms with Gasteiger partial charge in [-0.1, -0.05) is 30.3 Å². The van der Waals surface area contributed by atoms with Crippen LogP contribution in [0.1, 0.15) is 52.7 Å². The maximum atomic E-state index is 13.2. The number of ether oxygens (including phenoxy) is 3. The fraction of sp³-hybridized carbons (Fsp3) is 0.400. The Balaban J connectivity index is 1.59. The molecule has 234 valence electrons. The lowest BCUT2D eigenvalue weighted by molar-refractivity contribution is 0.0152. The van der Waals surface area contributed by atoms with Crippen LogP contribution in [0, 0.1) is 6.92 Å². The van der Waals surface area contributed by atoms with Gasteiger partial charge in [-0.2, -0.15) is 0 Å². The van der Waals surface area contributed by atoms with E-state index in [4.69, 9.17) is 19.2 Å². The van der Waals surface area contributed by atoms with E-state index in [-0.39, 0.29) is 13.1 Å². The molecule has 0 radical (unpaired) electrons. The summed E-state index contributed by atoms with van der Waals surface area (Å²) in [7, 11) is 3.32. The van der Waals surface area contributed by atoms with Gasteiger partial charge < -0.3 is 29.0 Å². The zero-order valence-corrected chi connectivity index (χ0v) is 27.3. The Labute approximate surface area is 260 Å². The smallest absolute Gasteiger partial charge is 0.410 e. The van der Waals surface area contributed by atoms with Crippen molar-refractivity contribution in [3.05, 3.63) is 71.8 Å². The molecule has 3 aromatic carbocycles. The van der Waals surface area contributed by atoms with Crippen molar-refractivity contribution >= 4 is 23.2 Å². The lowest BCUT2D eigenvalue weighted by atomic mass is 10.00. The summed E-state index contributed by atoms with van der Waals surface area (Å²) in [6.07, 6.45) is -0.888. The van der Waals surface area contributed by atoms with Crippen molar-refractivity contribution in [2.45, 2.75) is 66.2 Å². The molecule has 9 heteroatoms. The molecule has 0 unspecified atom stereocenters. The topological polar surface area (TPSA) is 97.0 Å². The van der Waals surface area contributed by atoms with Crippen molar-refractivity contribution in [1.29, 1.82) is 0 Å². The SMILES string of the molecule is COc1ccccc1-c1nc2c(C)cc(-c3cccc(CN(CCN(C)C(=O)OC(C)(C)C)C(=O)OC(C)(C)C)c3)cc2[nH]1. The Morgan fingerprint density at radius 2 is 1.52 bits per heavy atom. The number of benzene rings is 3. The Kier molecular flexibility index (Phi) is 9.56. The van der Waals surface area contributed by atoms with Crippen LogP contribution in [0.3, 0.4) is 0 Å². The van der Waals surface area contributed by atoms with E-state index in [9.17, 15) is 9.59 Å². The number of aryl methyl sites for hydroxylation is 1. The summed E-state index contributed by atoms with van der Waals surface area (Å²) in [5, 5.41) is 0. The molecule has 4 aromatic rings. The summed E-state index contributed by atoms with van der Waals surface area (Å²) in [6, 6.07) is 20.1. The fourth-order valence-electron chi connectivity index (χ4n) is 4.76. The van der Waals surface area contributed by atoms with Crippen molar-refractivity contribution in [2.75, 3.05) is 27.2 Å². The standard InChI is InChI=1S/C35H44N4O5/c1-23-19-26(21-28-30(23)37-31(36-28)27-15-10-11-16-29(27)42-9)25-14-12-13-24(20-25)22-39(33(41)44-35(5,6)7)18-17-38(8)32(40)43-34(2,3)4/h10-16,19-21H,17-18,22H2,1-9H3,(H,36,37). The van der Waals surface area contributed by atoms with Crippen molar-refractivity contribution < 1.29 is 23.8 Å². The van der Waals surface area contributed by atoms with Gasteiger partial charge in [-0.3, -0.25) is 0 Å². The number of carbonyl (C=O) groups is 2. The minimum atomic E-state index is -0.659. The van der Waals surface area contributed by atoms with Crippen LogP contribution in [0.4, 0.5) is 9.59 Å². The van der Waals surface area contributed by atoms with E-state index in [1.54, 1.807) is 19.1 Å². The van der Waals surface area contributed by atoms with E-state index < -0.39 is 23.4 Å². The van der Waals surface area contributed by atoms with Crippen molar-refractivity contribution in [3.8, 4) is 28.3 Å². The van der Waals surface area contributed by atoms with Crippen molar-refractivity contribution in [3.63, 3.8) is 0 Å². The number of hydrogen-bond donors (Lipinski definition) is 1. The summed E-state index contributed by atoms with van der Waals surface area (Å²) in [6.45, 7) is 13.9. The summed E-state index contributed by atoms with van der Waals surface area (Å²) in [5.74, 6) is 1.50. The molecule has 1 aromatic heterocycles. The number of para-hydroxylation sites is 1. The van der Waals surface area contributed by atoms with Gasteiger partial charge in [-0.05, 0) is 101 Å². The molecule has 0 fully saturated rings. The number of rotatable bonds is 8. The lowest BCUT2D eigenvalue weighted by Gasteiger charge is -2.30. The maximum absolute atomic E-state index is 13.2. The highest BCUT2D eigenvalue weighted by atomic mass is 16.6. The van der Waals surface area contributed by atoms with Crippen LogP contribution in [0.15, 0.2) is 60.7 Å². The first kappa shape index (κ1) is 32.4. The molecule has 0 bridgehead atoms. The van der Waals surface area contributed by atoms with Gasteiger partial charge in [0.2, 0.25) is 0 Å². The minimum absolute atomic E-state index is 0.278. The second kappa shape index (κ2) is 13.0. The molecule has 4 rings (SSSR count). The third kappa shape index (κ3) is 8.30. The molecule has 9 nitrogen and oxygen atoms in total. The molecular weight excluding hydrogens is 556 g/mol. The van der Waals surface area contributed by atoms with Gasteiger partial charge >= 0.3 is 12.2 Å². The first-order chi connectivity index (χ1) is 20.6. The fourth-order valence-corrected chi connectivity index (χ4v) is 4.76. The molecule has 1 heterocycles. The third-order valence-electron chi connectivity index (χ3n) is 6.84. The maximum Gasteiger partial charge on any atom is 0.410 e. The number of nitrogens with zero attached hydrogens (tertiary/aromatic N) is 3. The zero-order valence-electron chi connectivity index (χ0n) is 27.3. The first-order valence-corrected chi connectivity index (χ1v) is 14.8. The van der Waals surface area contributed by atoms with Crippen LogP contribution in [0.5, 0.6) is 5.75 Å². The predicted octanol–water partition coefficient (Wildman–Crippen LogP) is 7.82. The number of aromatic nitrogens is 2. The highest BCUT2D eigenvalue weighted by molar-refractivity contribution is 5.88. The summed E-state index contributed by atoms with van der Waals surface area (Å²) < 4.78 is 16.7. The second-order valence-corrected chi connectivity index (χ2v) is 13.0. The van der Waals surface area contributed by atoms with E-state index >= 15 is 0 Å². The summed E-state index contributed by atoms with van der Waals surface area (Å²) >= 11 is 0. The number of fused-ring (bicyclic) bond motifs is 1. The molecular formula is C35H44N4O5.